The predicted octanol–water partition coefficient (Wildman–Crippen LogP) is 5.81. The molecule has 0 bridgehead atoms. The molecule has 1 aliphatic rings. The van der Waals surface area contributed by atoms with Crippen LogP contribution in [0.25, 0.3) is 0 Å². The monoisotopic (exact) mass is 489 g/mol. The largest absolute Gasteiger partial charge is 0.336 e. The van der Waals surface area contributed by atoms with E-state index >= 15 is 0 Å². The van der Waals surface area contributed by atoms with Crippen LogP contribution in [-0.2, 0) is 6.54 Å². The Hall–Kier alpha value is -3.58. The van der Waals surface area contributed by atoms with Gasteiger partial charge in [0.25, 0.3) is 11.6 Å². The molecule has 0 saturated carbocycles. The number of carbonyl (C=O) groups is 1. The zero-order valence-corrected chi connectivity index (χ0v) is 20.9. The molecule has 6 nitrogen and oxygen atoms in total. The highest BCUT2D eigenvalue weighted by molar-refractivity contribution is 5.94. The maximum Gasteiger partial charge on any atom is 0.273 e. The molecule has 1 heterocycles. The standard InChI is InChI=1S/C29H32FN3O3/c1-20(2)32(29(34)22-12-14-25(30)15-13-22)18-24-17-31(16-23-9-5-7-11-28(23)33(35)36)19-27(24)26-10-6-4-8-21(26)3/h4-15,20,24,27H,16-19H2,1-3H3/t24-,27-/m1/s1. The molecule has 0 aliphatic carbocycles. The van der Waals surface area contributed by atoms with Gasteiger partial charge in [0, 0.05) is 55.3 Å². The van der Waals surface area contributed by atoms with Crippen LogP contribution in [0.3, 0.4) is 0 Å². The number of rotatable bonds is 8. The number of likely N-dealkylation sites (tertiary alicyclic amines) is 1. The minimum Gasteiger partial charge on any atom is -0.336 e. The zero-order valence-electron chi connectivity index (χ0n) is 20.9. The summed E-state index contributed by atoms with van der Waals surface area (Å²) < 4.78 is 13.4. The van der Waals surface area contributed by atoms with Crippen molar-refractivity contribution in [3.05, 3.63) is 111 Å². The minimum atomic E-state index is -0.372. The van der Waals surface area contributed by atoms with Crippen LogP contribution < -0.4 is 0 Å². The molecule has 0 spiro atoms. The van der Waals surface area contributed by atoms with Crippen molar-refractivity contribution in [2.75, 3.05) is 19.6 Å². The molecule has 0 radical (unpaired) electrons. The summed E-state index contributed by atoms with van der Waals surface area (Å²) in [6, 6.07) is 20.8. The van der Waals surface area contributed by atoms with E-state index in [1.165, 1.54) is 35.4 Å². The summed E-state index contributed by atoms with van der Waals surface area (Å²) in [6.07, 6.45) is 0. The number of nitro benzene ring substituents is 1. The Labute approximate surface area is 211 Å². The molecule has 36 heavy (non-hydrogen) atoms. The van der Waals surface area contributed by atoms with E-state index in [9.17, 15) is 19.3 Å². The van der Waals surface area contributed by atoms with Crippen LogP contribution in [0.1, 0.15) is 46.8 Å². The van der Waals surface area contributed by atoms with Crippen molar-refractivity contribution < 1.29 is 14.1 Å². The summed E-state index contributed by atoms with van der Waals surface area (Å²) in [4.78, 5) is 28.7. The summed E-state index contributed by atoms with van der Waals surface area (Å²) in [5.41, 5.74) is 3.72. The maximum atomic E-state index is 13.4. The third kappa shape index (κ3) is 5.62. The quantitative estimate of drug-likeness (QED) is 0.296. The molecule has 7 heteroatoms. The van der Waals surface area contributed by atoms with E-state index in [1.807, 2.05) is 43.0 Å². The van der Waals surface area contributed by atoms with Crippen LogP contribution in [0.4, 0.5) is 10.1 Å². The van der Waals surface area contributed by atoms with E-state index < -0.39 is 0 Å². The Morgan fingerprint density at radius 2 is 1.72 bits per heavy atom. The van der Waals surface area contributed by atoms with Crippen LogP contribution in [0.2, 0.25) is 0 Å². The highest BCUT2D eigenvalue weighted by atomic mass is 19.1. The van der Waals surface area contributed by atoms with Crippen molar-refractivity contribution >= 4 is 11.6 Å². The Balaban J connectivity index is 1.62. The second-order valence-electron chi connectivity index (χ2n) is 9.86. The van der Waals surface area contributed by atoms with Gasteiger partial charge in [-0.2, -0.15) is 0 Å². The number of para-hydroxylation sites is 1. The van der Waals surface area contributed by atoms with E-state index in [1.54, 1.807) is 12.1 Å². The van der Waals surface area contributed by atoms with E-state index in [4.69, 9.17) is 0 Å². The smallest absolute Gasteiger partial charge is 0.273 e. The molecular formula is C29H32FN3O3. The van der Waals surface area contributed by atoms with Crippen molar-refractivity contribution in [3.63, 3.8) is 0 Å². The van der Waals surface area contributed by atoms with Crippen molar-refractivity contribution in [1.82, 2.24) is 9.80 Å². The lowest BCUT2D eigenvalue weighted by molar-refractivity contribution is -0.385. The van der Waals surface area contributed by atoms with Crippen molar-refractivity contribution in [1.29, 1.82) is 0 Å². The molecule has 1 saturated heterocycles. The van der Waals surface area contributed by atoms with Gasteiger partial charge < -0.3 is 4.90 Å². The first-order valence-electron chi connectivity index (χ1n) is 12.3. The van der Waals surface area contributed by atoms with Gasteiger partial charge in [-0.15, -0.1) is 0 Å². The Morgan fingerprint density at radius 3 is 2.39 bits per heavy atom. The number of amides is 1. The summed E-state index contributed by atoms with van der Waals surface area (Å²) >= 11 is 0. The fraction of sp³-hybridized carbons (Fsp3) is 0.345. The molecule has 0 unspecified atom stereocenters. The van der Waals surface area contributed by atoms with Gasteiger partial charge in [0.1, 0.15) is 5.82 Å². The second kappa shape index (κ2) is 11.0. The normalized spacial score (nSPS) is 17.9. The molecule has 0 N–H and O–H groups in total. The summed E-state index contributed by atoms with van der Waals surface area (Å²) in [7, 11) is 0. The van der Waals surface area contributed by atoms with E-state index in [2.05, 4.69) is 24.0 Å². The van der Waals surface area contributed by atoms with E-state index in [-0.39, 0.29) is 40.2 Å². The molecule has 1 amide bonds. The lowest BCUT2D eigenvalue weighted by Crippen LogP contribution is -2.42. The van der Waals surface area contributed by atoms with Gasteiger partial charge in [0.2, 0.25) is 0 Å². The molecule has 1 fully saturated rings. The van der Waals surface area contributed by atoms with Gasteiger partial charge in [-0.1, -0.05) is 42.5 Å². The lowest BCUT2D eigenvalue weighted by Gasteiger charge is -2.32. The molecule has 2 atom stereocenters. The van der Waals surface area contributed by atoms with Crippen LogP contribution in [0.5, 0.6) is 0 Å². The third-order valence-electron chi connectivity index (χ3n) is 7.09. The first-order chi connectivity index (χ1) is 17.2. The Kier molecular flexibility index (Phi) is 7.79. The number of halogens is 1. The summed E-state index contributed by atoms with van der Waals surface area (Å²) in [5.74, 6) is -0.175. The van der Waals surface area contributed by atoms with Gasteiger partial charge >= 0.3 is 0 Å². The highest BCUT2D eigenvalue weighted by Crippen LogP contribution is 2.37. The summed E-state index contributed by atoms with van der Waals surface area (Å²) in [6.45, 7) is 8.56. The highest BCUT2D eigenvalue weighted by Gasteiger charge is 2.37. The first kappa shape index (κ1) is 25.5. The molecule has 3 aromatic rings. The Bertz CT molecular complexity index is 1230. The van der Waals surface area contributed by atoms with Crippen molar-refractivity contribution in [2.45, 2.75) is 39.3 Å². The molecule has 0 aromatic heterocycles. The van der Waals surface area contributed by atoms with Crippen LogP contribution in [-0.4, -0.2) is 46.3 Å². The number of nitro groups is 1. The van der Waals surface area contributed by atoms with Crippen molar-refractivity contribution in [2.24, 2.45) is 5.92 Å². The molecular weight excluding hydrogens is 457 g/mol. The number of hydrogen-bond acceptors (Lipinski definition) is 4. The van der Waals surface area contributed by atoms with Crippen LogP contribution in [0, 0.1) is 28.8 Å². The van der Waals surface area contributed by atoms with Gasteiger partial charge in [-0.05, 0) is 62.1 Å². The van der Waals surface area contributed by atoms with Crippen LogP contribution >= 0.6 is 0 Å². The second-order valence-corrected chi connectivity index (χ2v) is 9.86. The average molecular weight is 490 g/mol. The SMILES string of the molecule is Cc1ccccc1[C@@H]1CN(Cc2ccccc2[N+](=O)[O-])C[C@@H]1CN(C(=O)c1ccc(F)cc1)C(C)C. The van der Waals surface area contributed by atoms with Gasteiger partial charge in [-0.3, -0.25) is 19.8 Å². The fourth-order valence-electron chi connectivity index (χ4n) is 5.23. The molecule has 188 valence electrons. The van der Waals surface area contributed by atoms with Crippen molar-refractivity contribution in [3.8, 4) is 0 Å². The van der Waals surface area contributed by atoms with Crippen LogP contribution in [0.15, 0.2) is 72.8 Å². The number of hydrogen-bond donors (Lipinski definition) is 0. The van der Waals surface area contributed by atoms with E-state index in [0.29, 0.717) is 30.8 Å². The molecule has 4 rings (SSSR count). The van der Waals surface area contributed by atoms with Gasteiger partial charge in [0.15, 0.2) is 0 Å². The molecule has 1 aliphatic heterocycles. The predicted molar refractivity (Wildman–Crippen MR) is 138 cm³/mol. The lowest BCUT2D eigenvalue weighted by atomic mass is 9.86. The minimum absolute atomic E-state index is 0.0377. The Morgan fingerprint density at radius 1 is 1.06 bits per heavy atom. The fourth-order valence-corrected chi connectivity index (χ4v) is 5.23. The zero-order chi connectivity index (χ0) is 25.8. The number of carbonyl (C=O) groups excluding carboxylic acids is 1. The maximum absolute atomic E-state index is 13.4. The van der Waals surface area contributed by atoms with Gasteiger partial charge in [-0.25, -0.2) is 4.39 Å². The average Bonchev–Trinajstić information content (AvgIpc) is 3.24. The third-order valence-corrected chi connectivity index (χ3v) is 7.09. The van der Waals surface area contributed by atoms with E-state index in [0.717, 1.165) is 6.54 Å². The number of aryl methyl sites for hydroxylation is 1. The molecule has 3 aromatic carbocycles. The number of nitrogens with zero attached hydrogens (tertiary/aromatic N) is 3. The van der Waals surface area contributed by atoms with Gasteiger partial charge in [0.05, 0.1) is 4.92 Å². The number of benzene rings is 3. The topological polar surface area (TPSA) is 66.7 Å². The summed E-state index contributed by atoms with van der Waals surface area (Å²) in [5, 5.41) is 11.6. The first-order valence-corrected chi connectivity index (χ1v) is 12.3.